The molecule has 0 bridgehead atoms. The molecule has 5 heteroatoms. The molecule has 4 rings (SSSR count). The van der Waals surface area contributed by atoms with Crippen LogP contribution in [-0.2, 0) is 6.42 Å². The number of amides is 1. The SMILES string of the molecule is Cc1ccc2c(c1)CCNC2=O.O=c1[nH]ccc2cc(Br)ccc12. The van der Waals surface area contributed by atoms with Crippen molar-refractivity contribution in [2.45, 2.75) is 13.3 Å². The largest absolute Gasteiger partial charge is 0.352 e. The number of H-pyrrole nitrogens is 1. The number of carbonyl (C=O) groups is 1. The lowest BCUT2D eigenvalue weighted by atomic mass is 9.98. The van der Waals surface area contributed by atoms with Crippen LogP contribution in [0.5, 0.6) is 0 Å². The molecule has 0 saturated carbocycles. The number of fused-ring (bicyclic) bond motifs is 2. The van der Waals surface area contributed by atoms with E-state index in [-0.39, 0.29) is 11.5 Å². The zero-order valence-corrected chi connectivity index (χ0v) is 14.8. The van der Waals surface area contributed by atoms with Gasteiger partial charge in [-0.2, -0.15) is 0 Å². The minimum absolute atomic E-state index is 0.0417. The number of nitrogens with one attached hydrogen (secondary N) is 2. The Balaban J connectivity index is 0.000000141. The molecule has 0 saturated heterocycles. The first kappa shape index (κ1) is 16.5. The summed E-state index contributed by atoms with van der Waals surface area (Å²) in [5.74, 6) is 0.0660. The number of hydrogen-bond donors (Lipinski definition) is 2. The molecule has 2 aromatic carbocycles. The van der Waals surface area contributed by atoms with Crippen LogP contribution in [0.4, 0.5) is 0 Å². The highest BCUT2D eigenvalue weighted by molar-refractivity contribution is 9.10. The van der Waals surface area contributed by atoms with Gasteiger partial charge in [-0.3, -0.25) is 9.59 Å². The molecule has 0 atom stereocenters. The van der Waals surface area contributed by atoms with Crippen molar-refractivity contribution in [1.82, 2.24) is 10.3 Å². The minimum Gasteiger partial charge on any atom is -0.352 e. The third kappa shape index (κ3) is 3.57. The van der Waals surface area contributed by atoms with E-state index in [0.29, 0.717) is 0 Å². The van der Waals surface area contributed by atoms with Crippen LogP contribution >= 0.6 is 15.9 Å². The lowest BCUT2D eigenvalue weighted by Gasteiger charge is -2.16. The van der Waals surface area contributed by atoms with E-state index < -0.39 is 0 Å². The summed E-state index contributed by atoms with van der Waals surface area (Å²) in [5, 5.41) is 4.49. The van der Waals surface area contributed by atoms with Crippen molar-refractivity contribution in [2.75, 3.05) is 6.54 Å². The molecule has 1 amide bonds. The maximum Gasteiger partial charge on any atom is 0.255 e. The average Bonchev–Trinajstić information content (AvgIpc) is 2.55. The van der Waals surface area contributed by atoms with Crippen molar-refractivity contribution in [3.63, 3.8) is 0 Å². The molecule has 2 heterocycles. The predicted molar refractivity (Wildman–Crippen MR) is 99.5 cm³/mol. The summed E-state index contributed by atoms with van der Waals surface area (Å²) in [7, 11) is 0. The number of hydrogen-bond acceptors (Lipinski definition) is 2. The number of carbonyl (C=O) groups excluding carboxylic acids is 1. The summed E-state index contributed by atoms with van der Waals surface area (Å²) >= 11 is 3.34. The Kier molecular flexibility index (Phi) is 4.81. The Morgan fingerprint density at radius 3 is 2.71 bits per heavy atom. The van der Waals surface area contributed by atoms with Gasteiger partial charge in [0.2, 0.25) is 0 Å². The first-order valence-corrected chi connectivity index (χ1v) is 8.48. The van der Waals surface area contributed by atoms with Crippen LogP contribution < -0.4 is 10.9 Å². The number of aryl methyl sites for hydroxylation is 1. The van der Waals surface area contributed by atoms with Crippen molar-refractivity contribution in [1.29, 1.82) is 0 Å². The van der Waals surface area contributed by atoms with Crippen LogP contribution in [0, 0.1) is 6.92 Å². The standard InChI is InChI=1S/C10H11NO.C9H6BrNO/c1-7-2-3-9-8(6-7)4-5-11-10(9)12;10-7-1-2-8-6(5-7)3-4-11-9(8)12/h2-3,6H,4-5H2,1H3,(H,11,12);1-5H,(H,11,12). The number of pyridine rings is 1. The Morgan fingerprint density at radius 1 is 1.04 bits per heavy atom. The molecular formula is C19H17BrN2O2. The van der Waals surface area contributed by atoms with Crippen molar-refractivity contribution in [3.05, 3.63) is 80.2 Å². The number of aromatic amines is 1. The second-order valence-corrected chi connectivity index (χ2v) is 6.62. The second-order valence-electron chi connectivity index (χ2n) is 5.70. The third-order valence-electron chi connectivity index (χ3n) is 3.92. The first-order chi connectivity index (χ1) is 11.5. The topological polar surface area (TPSA) is 62.0 Å². The monoisotopic (exact) mass is 384 g/mol. The molecule has 1 aromatic heterocycles. The van der Waals surface area contributed by atoms with Crippen LogP contribution in [-0.4, -0.2) is 17.4 Å². The highest BCUT2D eigenvalue weighted by atomic mass is 79.9. The number of halogens is 1. The molecular weight excluding hydrogens is 368 g/mol. The van der Waals surface area contributed by atoms with Crippen LogP contribution in [0.2, 0.25) is 0 Å². The summed E-state index contributed by atoms with van der Waals surface area (Å²) in [6.07, 6.45) is 2.61. The van der Waals surface area contributed by atoms with E-state index in [1.54, 1.807) is 12.3 Å². The lowest BCUT2D eigenvalue weighted by molar-refractivity contribution is 0.0946. The molecule has 1 aliphatic rings. The number of aromatic nitrogens is 1. The summed E-state index contributed by atoms with van der Waals surface area (Å²) in [6.45, 7) is 2.82. The van der Waals surface area contributed by atoms with Gasteiger partial charge < -0.3 is 10.3 Å². The van der Waals surface area contributed by atoms with E-state index in [1.807, 2.05) is 37.3 Å². The first-order valence-electron chi connectivity index (χ1n) is 7.69. The molecule has 24 heavy (non-hydrogen) atoms. The highest BCUT2D eigenvalue weighted by Gasteiger charge is 2.15. The molecule has 122 valence electrons. The van der Waals surface area contributed by atoms with Gasteiger partial charge in [-0.15, -0.1) is 0 Å². The smallest absolute Gasteiger partial charge is 0.255 e. The molecule has 1 aliphatic heterocycles. The molecule has 0 spiro atoms. The summed E-state index contributed by atoms with van der Waals surface area (Å²) in [6, 6.07) is 13.4. The van der Waals surface area contributed by atoms with Gasteiger partial charge in [0.15, 0.2) is 0 Å². The molecule has 4 nitrogen and oxygen atoms in total. The normalized spacial score (nSPS) is 12.8. The Labute approximate surface area is 148 Å². The maximum atomic E-state index is 11.3. The van der Waals surface area contributed by atoms with Crippen LogP contribution in [0.25, 0.3) is 10.8 Å². The number of benzene rings is 2. The summed E-state index contributed by atoms with van der Waals surface area (Å²) < 4.78 is 0.987. The van der Waals surface area contributed by atoms with Crippen molar-refractivity contribution in [3.8, 4) is 0 Å². The lowest BCUT2D eigenvalue weighted by Crippen LogP contribution is -2.31. The van der Waals surface area contributed by atoms with Gasteiger partial charge >= 0.3 is 0 Å². The fourth-order valence-corrected chi connectivity index (χ4v) is 3.10. The Hall–Kier alpha value is -2.40. The molecule has 0 fully saturated rings. The molecule has 3 aromatic rings. The van der Waals surface area contributed by atoms with Crippen LogP contribution in [0.3, 0.4) is 0 Å². The molecule has 2 N–H and O–H groups in total. The predicted octanol–water partition coefficient (Wildman–Crippen LogP) is 3.57. The van der Waals surface area contributed by atoms with E-state index >= 15 is 0 Å². The fraction of sp³-hybridized carbons (Fsp3) is 0.158. The number of rotatable bonds is 0. The van der Waals surface area contributed by atoms with Crippen molar-refractivity contribution < 1.29 is 4.79 Å². The van der Waals surface area contributed by atoms with Gasteiger partial charge in [-0.05, 0) is 54.6 Å². The second kappa shape index (κ2) is 7.01. The van der Waals surface area contributed by atoms with Gasteiger partial charge in [0.25, 0.3) is 11.5 Å². The Bertz CT molecular complexity index is 963. The minimum atomic E-state index is -0.0417. The van der Waals surface area contributed by atoms with Gasteiger partial charge in [0.1, 0.15) is 0 Å². The quantitative estimate of drug-likeness (QED) is 0.622. The van der Waals surface area contributed by atoms with E-state index in [0.717, 1.165) is 33.8 Å². The van der Waals surface area contributed by atoms with Gasteiger partial charge in [0.05, 0.1) is 0 Å². The van der Waals surface area contributed by atoms with Gasteiger partial charge in [-0.25, -0.2) is 0 Å². The van der Waals surface area contributed by atoms with E-state index in [4.69, 9.17) is 0 Å². The zero-order chi connectivity index (χ0) is 17.1. The van der Waals surface area contributed by atoms with Crippen LogP contribution in [0.1, 0.15) is 21.5 Å². The zero-order valence-electron chi connectivity index (χ0n) is 13.2. The van der Waals surface area contributed by atoms with Gasteiger partial charge in [0, 0.05) is 28.2 Å². The van der Waals surface area contributed by atoms with E-state index in [1.165, 1.54) is 11.1 Å². The third-order valence-corrected chi connectivity index (χ3v) is 4.41. The maximum absolute atomic E-state index is 11.3. The average molecular weight is 385 g/mol. The van der Waals surface area contributed by atoms with Crippen molar-refractivity contribution >= 4 is 32.6 Å². The van der Waals surface area contributed by atoms with E-state index in [9.17, 15) is 9.59 Å². The molecule has 0 radical (unpaired) electrons. The van der Waals surface area contributed by atoms with Gasteiger partial charge in [-0.1, -0.05) is 33.6 Å². The highest BCUT2D eigenvalue weighted by Crippen LogP contribution is 2.16. The fourth-order valence-electron chi connectivity index (χ4n) is 2.72. The van der Waals surface area contributed by atoms with Crippen molar-refractivity contribution in [2.24, 2.45) is 0 Å². The molecule has 0 aliphatic carbocycles. The molecule has 0 unspecified atom stereocenters. The Morgan fingerprint density at radius 2 is 1.88 bits per heavy atom. The summed E-state index contributed by atoms with van der Waals surface area (Å²) in [4.78, 5) is 25.1. The van der Waals surface area contributed by atoms with E-state index in [2.05, 4.69) is 32.3 Å². The summed E-state index contributed by atoms with van der Waals surface area (Å²) in [5.41, 5.74) is 3.20. The van der Waals surface area contributed by atoms with Crippen LogP contribution in [0.15, 0.2) is 57.9 Å².